The minimum absolute atomic E-state index is 0. The molecule has 0 unspecified atom stereocenters. The van der Waals surface area contributed by atoms with Crippen LogP contribution in [0.15, 0.2) is 0 Å². The van der Waals surface area contributed by atoms with Gasteiger partial charge in [0.15, 0.2) is 0 Å². The van der Waals surface area contributed by atoms with Crippen LogP contribution in [0.25, 0.3) is 0 Å². The predicted octanol–water partition coefficient (Wildman–Crippen LogP) is -6.10. The minimum Gasteiger partial charge on any atom is -0.549 e. The van der Waals surface area contributed by atoms with Gasteiger partial charge in [0.25, 0.3) is 0 Å². The number of carboxylic acid groups (broad SMARTS) is 4. The van der Waals surface area contributed by atoms with Crippen molar-refractivity contribution in [3.63, 3.8) is 0 Å². The molecule has 2 atom stereocenters. The fraction of sp³-hybridized carbons (Fsp3) is 0.714. The number of rotatable bonds is 10. The summed E-state index contributed by atoms with van der Waals surface area (Å²) in [5.74, 6) is -5.97. The molecule has 0 N–H and O–H groups in total. The third-order valence-electron chi connectivity index (χ3n) is 3.96. The first-order valence-corrected chi connectivity index (χ1v) is 7.48. The van der Waals surface area contributed by atoms with Crippen LogP contribution in [0.1, 0.15) is 25.7 Å². The molecule has 0 amide bonds. The van der Waals surface area contributed by atoms with Crippen molar-refractivity contribution in [1.29, 1.82) is 0 Å². The van der Waals surface area contributed by atoms with E-state index >= 15 is 0 Å². The van der Waals surface area contributed by atoms with Crippen LogP contribution >= 0.6 is 0 Å². The van der Waals surface area contributed by atoms with Crippen LogP contribution in [0, 0.1) is 0 Å². The van der Waals surface area contributed by atoms with Crippen LogP contribution in [0.3, 0.4) is 0 Å². The van der Waals surface area contributed by atoms with E-state index in [9.17, 15) is 39.6 Å². The molecule has 1 aliphatic rings. The third kappa shape index (κ3) is 9.51. The molecule has 0 heterocycles. The van der Waals surface area contributed by atoms with Crippen molar-refractivity contribution in [2.75, 3.05) is 26.2 Å². The topological polar surface area (TPSA) is 167 Å². The van der Waals surface area contributed by atoms with Crippen molar-refractivity contribution < 1.29 is 73.7 Å². The monoisotopic (exact) mass is 452 g/mol. The zero-order chi connectivity index (χ0) is 18.3. The summed E-state index contributed by atoms with van der Waals surface area (Å²) in [5.41, 5.74) is 0. The molecule has 1 fully saturated rings. The molecule has 0 spiro atoms. The molecule has 0 aromatic heterocycles. The maximum Gasteiger partial charge on any atom is 2.00 e. The Morgan fingerprint density at radius 1 is 0.615 bits per heavy atom. The van der Waals surface area contributed by atoms with Crippen molar-refractivity contribution >= 4 is 23.9 Å². The summed E-state index contributed by atoms with van der Waals surface area (Å²) in [7, 11) is 0. The first-order valence-electron chi connectivity index (χ1n) is 7.48. The molecule has 0 aromatic rings. The zero-order valence-electron chi connectivity index (χ0n) is 13.7. The molecule has 2 radical (unpaired) electrons. The number of hydrogen-bond acceptors (Lipinski definition) is 10. The first kappa shape index (κ1) is 27.1. The second-order valence-electron chi connectivity index (χ2n) is 5.72. The summed E-state index contributed by atoms with van der Waals surface area (Å²) < 4.78 is 0. The summed E-state index contributed by atoms with van der Waals surface area (Å²) in [6, 6.07) is -1.32. The van der Waals surface area contributed by atoms with E-state index in [2.05, 4.69) is 0 Å². The Morgan fingerprint density at radius 2 is 0.846 bits per heavy atom. The van der Waals surface area contributed by atoms with E-state index in [1.807, 2.05) is 0 Å². The number of carboxylic acids is 4. The largest absolute Gasteiger partial charge is 2.00 e. The molecule has 1 saturated carbocycles. The molecule has 146 valence electrons. The van der Waals surface area contributed by atoms with E-state index in [4.69, 9.17) is 0 Å². The Bertz CT molecular complexity index is 429. The Morgan fingerprint density at radius 3 is 1.04 bits per heavy atom. The van der Waals surface area contributed by atoms with Crippen LogP contribution in [0.2, 0.25) is 0 Å². The predicted molar refractivity (Wildman–Crippen MR) is 69.2 cm³/mol. The summed E-state index contributed by atoms with van der Waals surface area (Å²) >= 11 is 0. The molecule has 12 heteroatoms. The summed E-state index contributed by atoms with van der Waals surface area (Å²) in [6.07, 6.45) is 2.12. The third-order valence-corrected chi connectivity index (χ3v) is 3.96. The molecule has 1 aliphatic carbocycles. The van der Waals surface area contributed by atoms with Gasteiger partial charge in [-0.05, 0) is 12.8 Å². The van der Waals surface area contributed by atoms with E-state index in [1.54, 1.807) is 0 Å². The molecular formula is C14H18Mn2N2O8. The quantitative estimate of drug-likeness (QED) is 0.291. The van der Waals surface area contributed by atoms with Crippen LogP contribution in [-0.2, 0) is 53.3 Å². The molecule has 0 saturated heterocycles. The van der Waals surface area contributed by atoms with E-state index < -0.39 is 62.1 Å². The average Bonchev–Trinajstić information content (AvgIpc) is 2.44. The van der Waals surface area contributed by atoms with Crippen molar-refractivity contribution in [3.05, 3.63) is 0 Å². The molecule has 0 aliphatic heterocycles. The van der Waals surface area contributed by atoms with Crippen molar-refractivity contribution in [1.82, 2.24) is 9.80 Å². The van der Waals surface area contributed by atoms with Gasteiger partial charge in [-0.1, -0.05) is 12.8 Å². The SMILES string of the molecule is O=C([O-])CN(CC(=O)[O-])[C@@H]1CCCC[C@H]1N(CC(=O)[O-])CC(=O)[O-].[Mn+2].[Mn+2]. The van der Waals surface area contributed by atoms with Crippen molar-refractivity contribution in [2.24, 2.45) is 0 Å². The number of hydrogen-bond donors (Lipinski definition) is 0. The Balaban J connectivity index is 0. The maximum atomic E-state index is 10.9. The van der Waals surface area contributed by atoms with Crippen molar-refractivity contribution in [2.45, 2.75) is 37.8 Å². The standard InChI is InChI=1S/C14H22N2O8.2Mn/c17-11(18)5-15(6-12(19)20)9-3-1-2-4-10(9)16(7-13(21)22)8-14(23)24;;/h9-10H,1-8H2,(H,17,18)(H,19,20)(H,21,22)(H,23,24);;/q;2*+2/p-4/t9-,10-;;/m1../s1. The molecular weight excluding hydrogens is 434 g/mol. The van der Waals surface area contributed by atoms with E-state index in [0.29, 0.717) is 25.7 Å². The van der Waals surface area contributed by atoms with Gasteiger partial charge in [-0.2, -0.15) is 0 Å². The van der Waals surface area contributed by atoms with Gasteiger partial charge in [-0.3, -0.25) is 9.80 Å². The van der Waals surface area contributed by atoms with Gasteiger partial charge in [0.05, 0.1) is 23.9 Å². The summed E-state index contributed by atoms with van der Waals surface area (Å²) in [5, 5.41) is 43.5. The molecule has 1 rings (SSSR count). The normalized spacial score (nSPS) is 19.3. The number of nitrogens with zero attached hydrogens (tertiary/aromatic N) is 2. The Hall–Kier alpha value is -1.16. The van der Waals surface area contributed by atoms with E-state index in [0.717, 1.165) is 9.80 Å². The second kappa shape index (κ2) is 13.1. The molecule has 0 aromatic carbocycles. The maximum absolute atomic E-state index is 10.9. The van der Waals surface area contributed by atoms with Gasteiger partial charge in [-0.25, -0.2) is 0 Å². The van der Waals surface area contributed by atoms with Gasteiger partial charge >= 0.3 is 34.1 Å². The van der Waals surface area contributed by atoms with Gasteiger partial charge in [-0.15, -0.1) is 0 Å². The van der Waals surface area contributed by atoms with Crippen LogP contribution < -0.4 is 20.4 Å². The fourth-order valence-corrected chi connectivity index (χ4v) is 3.19. The Labute approximate surface area is 171 Å². The number of aliphatic carboxylic acids is 4. The van der Waals surface area contributed by atoms with Gasteiger partial charge in [0, 0.05) is 38.3 Å². The average molecular weight is 452 g/mol. The summed E-state index contributed by atoms with van der Waals surface area (Å²) in [4.78, 5) is 45.7. The minimum atomic E-state index is -1.49. The van der Waals surface area contributed by atoms with Crippen LogP contribution in [0.4, 0.5) is 0 Å². The summed E-state index contributed by atoms with van der Waals surface area (Å²) in [6.45, 7) is -2.72. The zero-order valence-corrected chi connectivity index (χ0v) is 16.1. The van der Waals surface area contributed by atoms with Gasteiger partial charge < -0.3 is 39.6 Å². The fourth-order valence-electron chi connectivity index (χ4n) is 3.19. The number of carbonyl (C=O) groups is 4. The van der Waals surface area contributed by atoms with Gasteiger partial charge in [0.1, 0.15) is 0 Å². The smallest absolute Gasteiger partial charge is 0.549 e. The molecule has 10 nitrogen and oxygen atoms in total. The van der Waals surface area contributed by atoms with E-state index in [1.165, 1.54) is 0 Å². The van der Waals surface area contributed by atoms with Gasteiger partial charge in [0.2, 0.25) is 0 Å². The van der Waals surface area contributed by atoms with E-state index in [-0.39, 0.29) is 34.1 Å². The van der Waals surface area contributed by atoms with Crippen molar-refractivity contribution in [3.8, 4) is 0 Å². The molecule has 26 heavy (non-hydrogen) atoms. The number of carbonyl (C=O) groups excluding carboxylic acids is 4. The van der Waals surface area contributed by atoms with Crippen LogP contribution in [0.5, 0.6) is 0 Å². The Kier molecular flexibility index (Phi) is 13.6. The second-order valence-corrected chi connectivity index (χ2v) is 5.72. The van der Waals surface area contributed by atoms with Crippen LogP contribution in [-0.4, -0.2) is 71.9 Å². The molecule has 0 bridgehead atoms. The first-order chi connectivity index (χ1) is 11.2.